The molecule has 3 amide bonds. The van der Waals surface area contributed by atoms with Crippen LogP contribution in [0.1, 0.15) is 30.6 Å². The van der Waals surface area contributed by atoms with Crippen molar-refractivity contribution in [2.24, 2.45) is 0 Å². The van der Waals surface area contributed by atoms with E-state index in [0.29, 0.717) is 42.9 Å². The van der Waals surface area contributed by atoms with Crippen LogP contribution in [-0.2, 0) is 14.6 Å². The number of amides is 3. The smallest absolute Gasteiger partial charge is 0.327 e. The van der Waals surface area contributed by atoms with Crippen molar-refractivity contribution in [3.63, 3.8) is 0 Å². The molecule has 0 unspecified atom stereocenters. The van der Waals surface area contributed by atoms with Crippen LogP contribution in [0.15, 0.2) is 41.3 Å². The predicted octanol–water partition coefficient (Wildman–Crippen LogP) is 4.25. The number of fused-ring (bicyclic) bond motifs is 1. The van der Waals surface area contributed by atoms with Gasteiger partial charge in [-0.2, -0.15) is 0 Å². The van der Waals surface area contributed by atoms with E-state index in [0.717, 1.165) is 36.7 Å². The lowest BCUT2D eigenvalue weighted by molar-refractivity contribution is 0.0967. The molecule has 10 nitrogen and oxygen atoms in total. The Bertz CT molecular complexity index is 1440. The quantitative estimate of drug-likeness (QED) is 0.358. The number of nitrogens with one attached hydrogen (secondary N) is 2. The van der Waals surface area contributed by atoms with Gasteiger partial charge in [0.1, 0.15) is 0 Å². The minimum atomic E-state index is -3.46. The largest absolute Gasteiger partial charge is 0.378 e. The van der Waals surface area contributed by atoms with E-state index in [9.17, 15) is 18.0 Å². The molecule has 1 aliphatic heterocycles. The van der Waals surface area contributed by atoms with Gasteiger partial charge in [-0.05, 0) is 62.5 Å². The van der Waals surface area contributed by atoms with Crippen LogP contribution in [-0.4, -0.2) is 81.9 Å². The molecule has 0 atom stereocenters. The molecule has 4 rings (SSSR count). The summed E-state index contributed by atoms with van der Waals surface area (Å²) in [5.41, 5.74) is 1.54. The summed E-state index contributed by atoms with van der Waals surface area (Å²) in [7, 11) is -3.46. The maximum absolute atomic E-state index is 12.9. The SMILES string of the molecule is CCN(CC)CCCS(=O)(=O)c1ccc2nc(NC(=O)NC(=O)c3cc(N4CCOCC4)ccc3Cl)sc2c1. The number of ether oxygens (including phenoxy) is 1. The van der Waals surface area contributed by atoms with Crippen molar-refractivity contribution in [2.45, 2.75) is 25.2 Å². The van der Waals surface area contributed by atoms with Crippen molar-refractivity contribution in [1.29, 1.82) is 0 Å². The average molecular weight is 594 g/mol. The summed E-state index contributed by atoms with van der Waals surface area (Å²) >= 11 is 7.37. The van der Waals surface area contributed by atoms with Crippen LogP contribution in [0.25, 0.3) is 10.2 Å². The number of carbonyl (C=O) groups excluding carboxylic acids is 2. The van der Waals surface area contributed by atoms with E-state index in [1.54, 1.807) is 24.3 Å². The highest BCUT2D eigenvalue weighted by atomic mass is 35.5. The third-order valence-corrected chi connectivity index (χ3v) is 9.58. The Hall–Kier alpha value is -2.77. The lowest BCUT2D eigenvalue weighted by atomic mass is 10.1. The lowest BCUT2D eigenvalue weighted by Gasteiger charge is -2.29. The molecule has 210 valence electrons. The number of morpholine rings is 1. The summed E-state index contributed by atoms with van der Waals surface area (Å²) in [5.74, 6) is -0.592. The number of urea groups is 1. The van der Waals surface area contributed by atoms with Crippen molar-refractivity contribution in [3.8, 4) is 0 Å². The van der Waals surface area contributed by atoms with Crippen molar-refractivity contribution in [3.05, 3.63) is 47.0 Å². The van der Waals surface area contributed by atoms with Gasteiger partial charge in [-0.15, -0.1) is 0 Å². The van der Waals surface area contributed by atoms with Crippen molar-refractivity contribution < 1.29 is 22.7 Å². The number of halogens is 1. The van der Waals surface area contributed by atoms with Gasteiger partial charge in [-0.25, -0.2) is 18.2 Å². The normalized spacial score (nSPS) is 14.1. The topological polar surface area (TPSA) is 121 Å². The van der Waals surface area contributed by atoms with E-state index >= 15 is 0 Å². The van der Waals surface area contributed by atoms with Gasteiger partial charge in [0.05, 0.1) is 44.7 Å². The number of benzene rings is 2. The Labute approximate surface area is 237 Å². The number of imide groups is 1. The standard InChI is InChI=1S/C26H32ClN5O5S2/c1-3-31(4-2)10-5-15-39(35,36)19-7-9-22-23(17-19)38-26(28-22)30-25(34)29-24(33)20-16-18(6-8-21(20)27)32-11-13-37-14-12-32/h6-9,16-17H,3-5,10-15H2,1-2H3,(H2,28,29,30,33,34). The van der Waals surface area contributed by atoms with Crippen LogP contribution in [0.3, 0.4) is 0 Å². The molecule has 39 heavy (non-hydrogen) atoms. The molecule has 13 heteroatoms. The van der Waals surface area contributed by atoms with Crippen LogP contribution >= 0.6 is 22.9 Å². The van der Waals surface area contributed by atoms with E-state index < -0.39 is 21.8 Å². The monoisotopic (exact) mass is 593 g/mol. The maximum atomic E-state index is 12.9. The van der Waals surface area contributed by atoms with Crippen LogP contribution in [0.4, 0.5) is 15.6 Å². The van der Waals surface area contributed by atoms with Gasteiger partial charge in [-0.3, -0.25) is 15.4 Å². The molecule has 2 aromatic carbocycles. The predicted molar refractivity (Wildman–Crippen MR) is 155 cm³/mol. The number of sulfone groups is 1. The first-order chi connectivity index (χ1) is 18.7. The zero-order valence-corrected chi connectivity index (χ0v) is 24.3. The number of aromatic nitrogens is 1. The molecule has 0 aliphatic carbocycles. The first kappa shape index (κ1) is 29.2. The molecule has 2 heterocycles. The van der Waals surface area contributed by atoms with Gasteiger partial charge in [0.15, 0.2) is 15.0 Å². The second-order valence-electron chi connectivity index (χ2n) is 9.02. The Morgan fingerprint density at radius 3 is 2.59 bits per heavy atom. The molecule has 0 spiro atoms. The number of rotatable bonds is 10. The molecular weight excluding hydrogens is 562 g/mol. The fraction of sp³-hybridized carbons (Fsp3) is 0.423. The van der Waals surface area contributed by atoms with Gasteiger partial charge in [-0.1, -0.05) is 36.8 Å². The maximum Gasteiger partial charge on any atom is 0.327 e. The van der Waals surface area contributed by atoms with Crippen LogP contribution in [0, 0.1) is 0 Å². The molecule has 1 fully saturated rings. The number of hydrogen-bond donors (Lipinski definition) is 2. The fourth-order valence-corrected chi connectivity index (χ4v) is 6.79. The first-order valence-electron chi connectivity index (χ1n) is 12.8. The Morgan fingerprint density at radius 1 is 1.13 bits per heavy atom. The summed E-state index contributed by atoms with van der Waals surface area (Å²) in [6, 6.07) is 9.06. The van der Waals surface area contributed by atoms with E-state index in [-0.39, 0.29) is 26.4 Å². The number of hydrogen-bond acceptors (Lipinski definition) is 9. The summed E-state index contributed by atoms with van der Waals surface area (Å²) in [6.07, 6.45) is 0.547. The summed E-state index contributed by atoms with van der Waals surface area (Å²) < 4.78 is 31.7. The van der Waals surface area contributed by atoms with Gasteiger partial charge in [0, 0.05) is 18.8 Å². The second kappa shape index (κ2) is 13.1. The van der Waals surface area contributed by atoms with Crippen molar-refractivity contribution in [1.82, 2.24) is 15.2 Å². The molecule has 1 saturated heterocycles. The summed E-state index contributed by atoms with van der Waals surface area (Å²) in [4.78, 5) is 34.2. The number of nitrogens with zero attached hydrogens (tertiary/aromatic N) is 3. The molecule has 2 N–H and O–H groups in total. The lowest BCUT2D eigenvalue weighted by Crippen LogP contribution is -2.37. The highest BCUT2D eigenvalue weighted by Gasteiger charge is 2.20. The molecule has 0 bridgehead atoms. The Balaban J connectivity index is 1.39. The molecular formula is C26H32ClN5O5S2. The van der Waals surface area contributed by atoms with Gasteiger partial charge < -0.3 is 14.5 Å². The summed E-state index contributed by atoms with van der Waals surface area (Å²) in [6.45, 7) is 9.17. The van der Waals surface area contributed by atoms with Crippen LogP contribution in [0.2, 0.25) is 5.02 Å². The zero-order valence-electron chi connectivity index (χ0n) is 21.9. The number of anilines is 2. The van der Waals surface area contributed by atoms with E-state index in [1.165, 1.54) is 6.07 Å². The van der Waals surface area contributed by atoms with E-state index in [4.69, 9.17) is 16.3 Å². The zero-order chi connectivity index (χ0) is 28.0. The highest BCUT2D eigenvalue weighted by Crippen LogP contribution is 2.29. The first-order valence-corrected chi connectivity index (χ1v) is 15.6. The minimum absolute atomic E-state index is 0.0543. The van der Waals surface area contributed by atoms with Crippen LogP contribution < -0.4 is 15.5 Å². The average Bonchev–Trinajstić information content (AvgIpc) is 3.33. The molecule has 0 saturated carbocycles. The fourth-order valence-electron chi connectivity index (χ4n) is 4.29. The highest BCUT2D eigenvalue weighted by molar-refractivity contribution is 7.91. The third-order valence-electron chi connectivity index (χ3n) is 6.52. The number of thiazole rings is 1. The molecule has 3 aromatic rings. The number of carbonyl (C=O) groups is 2. The van der Waals surface area contributed by atoms with E-state index in [1.807, 2.05) is 6.07 Å². The molecule has 1 aliphatic rings. The summed E-state index contributed by atoms with van der Waals surface area (Å²) in [5, 5.41) is 5.31. The second-order valence-corrected chi connectivity index (χ2v) is 12.6. The van der Waals surface area contributed by atoms with Crippen LogP contribution in [0.5, 0.6) is 0 Å². The van der Waals surface area contributed by atoms with Gasteiger partial charge in [0.25, 0.3) is 5.91 Å². The van der Waals surface area contributed by atoms with E-state index in [2.05, 4.69) is 39.3 Å². The third kappa shape index (κ3) is 7.46. The molecule has 0 radical (unpaired) electrons. The minimum Gasteiger partial charge on any atom is -0.378 e. The Kier molecular flexibility index (Phi) is 9.78. The van der Waals surface area contributed by atoms with Crippen molar-refractivity contribution >= 4 is 65.7 Å². The van der Waals surface area contributed by atoms with Gasteiger partial charge >= 0.3 is 6.03 Å². The molecule has 1 aromatic heterocycles. The van der Waals surface area contributed by atoms with Gasteiger partial charge in [0.2, 0.25) is 0 Å². The Morgan fingerprint density at radius 2 is 1.87 bits per heavy atom. The van der Waals surface area contributed by atoms with Crippen molar-refractivity contribution in [2.75, 3.05) is 61.9 Å².